The van der Waals surface area contributed by atoms with Gasteiger partial charge >= 0.3 is 0 Å². The molecule has 0 bridgehead atoms. The Morgan fingerprint density at radius 1 is 1.24 bits per heavy atom. The first-order valence-corrected chi connectivity index (χ1v) is 12.2. The average Bonchev–Trinajstić information content (AvgIpc) is 3.39. The molecule has 4 N–H and O–H groups in total. The Balaban J connectivity index is 1.91. The number of nitrogens with two attached hydrogens (primary N) is 1. The van der Waals surface area contributed by atoms with E-state index in [0.717, 1.165) is 6.26 Å². The molecule has 0 saturated carbocycles. The summed E-state index contributed by atoms with van der Waals surface area (Å²) < 4.78 is 28.7. The van der Waals surface area contributed by atoms with E-state index >= 15 is 0 Å². The van der Waals surface area contributed by atoms with Gasteiger partial charge in [0.15, 0.2) is 0 Å². The minimum absolute atomic E-state index is 0.0181. The van der Waals surface area contributed by atoms with Crippen LogP contribution in [0.4, 0.5) is 5.69 Å². The molecule has 4 heterocycles. The first-order valence-electron chi connectivity index (χ1n) is 10.3. The van der Waals surface area contributed by atoms with Gasteiger partial charge in [-0.15, -0.1) is 0 Å². The highest BCUT2D eigenvalue weighted by Crippen LogP contribution is 2.35. The number of nitrogens with one attached hydrogen (secondary N) is 2. The van der Waals surface area contributed by atoms with Crippen LogP contribution in [0.2, 0.25) is 0 Å². The van der Waals surface area contributed by atoms with Gasteiger partial charge in [0.1, 0.15) is 5.69 Å². The van der Waals surface area contributed by atoms with Crippen molar-refractivity contribution in [3.05, 3.63) is 48.0 Å². The largest absolute Gasteiger partial charge is 0.365 e. The third-order valence-corrected chi connectivity index (χ3v) is 6.95. The van der Waals surface area contributed by atoms with E-state index in [1.807, 2.05) is 6.92 Å². The van der Waals surface area contributed by atoms with Crippen LogP contribution in [0.25, 0.3) is 16.6 Å². The smallest absolute Gasteiger partial charge is 0.269 e. The van der Waals surface area contributed by atoms with Crippen molar-refractivity contribution in [3.63, 3.8) is 0 Å². The molecule has 0 aliphatic carbocycles. The number of carbonyl (C=O) groups excluding carboxylic acids is 2. The van der Waals surface area contributed by atoms with Gasteiger partial charge < -0.3 is 16.4 Å². The third-order valence-electron chi connectivity index (χ3n) is 5.79. The van der Waals surface area contributed by atoms with Gasteiger partial charge in [0, 0.05) is 37.1 Å². The van der Waals surface area contributed by atoms with E-state index < -0.39 is 22.0 Å². The molecule has 1 saturated heterocycles. The van der Waals surface area contributed by atoms with Gasteiger partial charge in [-0.2, -0.15) is 5.10 Å². The predicted molar refractivity (Wildman–Crippen MR) is 123 cm³/mol. The summed E-state index contributed by atoms with van der Waals surface area (Å²) in [7, 11) is -2.24. The molecule has 4 rings (SSSR count). The SMILES string of the molecule is CNC(=O)c1ccc(-c2cc3c(N([C@@H]4CNC[C@@H]4C)S(C)(=O)=O)c(C(N)=O)cnn3c2)cn1. The summed E-state index contributed by atoms with van der Waals surface area (Å²) in [6.07, 6.45) is 5.65. The zero-order chi connectivity index (χ0) is 23.9. The van der Waals surface area contributed by atoms with Crippen LogP contribution < -0.4 is 20.7 Å². The van der Waals surface area contributed by atoms with Gasteiger partial charge in [-0.05, 0) is 24.6 Å². The number of pyridine rings is 1. The van der Waals surface area contributed by atoms with E-state index in [9.17, 15) is 18.0 Å². The number of hydrogen-bond donors (Lipinski definition) is 3. The second kappa shape index (κ2) is 8.45. The molecule has 3 aromatic rings. The molecule has 2 atom stereocenters. The highest BCUT2D eigenvalue weighted by molar-refractivity contribution is 7.92. The van der Waals surface area contributed by atoms with Gasteiger partial charge in [0.25, 0.3) is 11.8 Å². The van der Waals surface area contributed by atoms with Gasteiger partial charge in [-0.1, -0.05) is 13.0 Å². The fourth-order valence-electron chi connectivity index (χ4n) is 4.13. The molecule has 12 heteroatoms. The maximum atomic E-state index is 13.0. The summed E-state index contributed by atoms with van der Waals surface area (Å²) in [5, 5.41) is 9.99. The van der Waals surface area contributed by atoms with E-state index in [2.05, 4.69) is 20.7 Å². The number of fused-ring (bicyclic) bond motifs is 1. The first kappa shape index (κ1) is 22.7. The highest BCUT2D eigenvalue weighted by Gasteiger charge is 2.37. The van der Waals surface area contributed by atoms with E-state index in [1.54, 1.807) is 30.6 Å². The topological polar surface area (TPSA) is 152 Å². The fourth-order valence-corrected chi connectivity index (χ4v) is 5.43. The fraction of sp³-hybridized carbons (Fsp3) is 0.333. The first-order chi connectivity index (χ1) is 15.6. The van der Waals surface area contributed by atoms with Crippen LogP contribution in [0.1, 0.15) is 27.8 Å². The van der Waals surface area contributed by atoms with E-state index in [0.29, 0.717) is 29.7 Å². The summed E-state index contributed by atoms with van der Waals surface area (Å²) in [6.45, 7) is 3.05. The minimum Gasteiger partial charge on any atom is -0.365 e. The lowest BCUT2D eigenvalue weighted by Gasteiger charge is -2.32. The number of hydrogen-bond acceptors (Lipinski definition) is 7. The highest BCUT2D eigenvalue weighted by atomic mass is 32.2. The van der Waals surface area contributed by atoms with Crippen LogP contribution in [0.15, 0.2) is 36.8 Å². The summed E-state index contributed by atoms with van der Waals surface area (Å²) in [6, 6.07) is 4.67. The van der Waals surface area contributed by atoms with Crippen LogP contribution in [0, 0.1) is 5.92 Å². The van der Waals surface area contributed by atoms with Crippen molar-refractivity contribution >= 4 is 33.0 Å². The number of carbonyl (C=O) groups is 2. The molecule has 11 nitrogen and oxygen atoms in total. The normalized spacial score (nSPS) is 18.4. The number of nitrogens with zero attached hydrogens (tertiary/aromatic N) is 4. The Hall–Kier alpha value is -3.51. The molecule has 0 radical (unpaired) electrons. The molecule has 33 heavy (non-hydrogen) atoms. The molecule has 174 valence electrons. The number of aromatic nitrogens is 3. The Kier molecular flexibility index (Phi) is 5.80. The molecule has 1 fully saturated rings. The van der Waals surface area contributed by atoms with Crippen molar-refractivity contribution < 1.29 is 18.0 Å². The minimum atomic E-state index is -3.77. The zero-order valence-electron chi connectivity index (χ0n) is 18.4. The Bertz CT molecular complexity index is 1330. The van der Waals surface area contributed by atoms with Crippen LogP contribution in [0.3, 0.4) is 0 Å². The standard InChI is InChI=1S/C21H25N7O4S/c1-12-7-24-10-18(12)28(33(3,31)32)19-15(20(22)29)9-26-27-11-14(6-17(19)27)13-4-5-16(25-8-13)21(30)23-2/h4-6,8-9,11-12,18,24H,7,10H2,1-3H3,(H2,22,29)(H,23,30)/t12-,18+/m0/s1. The predicted octanol–water partition coefficient (Wildman–Crippen LogP) is 0.229. The lowest BCUT2D eigenvalue weighted by atomic mass is 10.0. The Morgan fingerprint density at radius 2 is 2.00 bits per heavy atom. The van der Waals surface area contributed by atoms with E-state index in [1.165, 1.54) is 22.1 Å². The zero-order valence-corrected chi connectivity index (χ0v) is 19.3. The quantitative estimate of drug-likeness (QED) is 0.465. The van der Waals surface area contributed by atoms with Crippen LogP contribution in [0.5, 0.6) is 0 Å². The molecule has 0 spiro atoms. The third kappa shape index (κ3) is 4.14. The summed E-state index contributed by atoms with van der Waals surface area (Å²) in [5.74, 6) is -1.06. The Labute approximate surface area is 191 Å². The van der Waals surface area contributed by atoms with Crippen molar-refractivity contribution in [2.24, 2.45) is 11.7 Å². The number of anilines is 1. The van der Waals surface area contributed by atoms with E-state index in [4.69, 9.17) is 5.73 Å². The van der Waals surface area contributed by atoms with Crippen molar-refractivity contribution in [2.45, 2.75) is 13.0 Å². The van der Waals surface area contributed by atoms with Gasteiger partial charge in [0.2, 0.25) is 10.0 Å². The average molecular weight is 472 g/mol. The molecular weight excluding hydrogens is 446 g/mol. The van der Waals surface area contributed by atoms with Crippen molar-refractivity contribution in [1.29, 1.82) is 0 Å². The molecule has 3 aromatic heterocycles. The van der Waals surface area contributed by atoms with Gasteiger partial charge in [-0.3, -0.25) is 18.9 Å². The van der Waals surface area contributed by atoms with Gasteiger partial charge in [0.05, 0.1) is 35.3 Å². The number of rotatable bonds is 6. The molecule has 0 unspecified atom stereocenters. The second-order valence-electron chi connectivity index (χ2n) is 8.10. The lowest BCUT2D eigenvalue weighted by Crippen LogP contribution is -2.45. The van der Waals surface area contributed by atoms with Crippen LogP contribution in [-0.4, -0.2) is 67.3 Å². The number of amides is 2. The van der Waals surface area contributed by atoms with Crippen LogP contribution in [-0.2, 0) is 10.0 Å². The lowest BCUT2D eigenvalue weighted by molar-refractivity contribution is 0.0956. The van der Waals surface area contributed by atoms with Crippen molar-refractivity contribution in [3.8, 4) is 11.1 Å². The number of sulfonamides is 1. The summed E-state index contributed by atoms with van der Waals surface area (Å²) in [5.41, 5.74) is 7.91. The molecule has 1 aliphatic rings. The summed E-state index contributed by atoms with van der Waals surface area (Å²) >= 11 is 0. The maximum absolute atomic E-state index is 13.0. The summed E-state index contributed by atoms with van der Waals surface area (Å²) in [4.78, 5) is 28.2. The molecular formula is C21H25N7O4S. The maximum Gasteiger partial charge on any atom is 0.269 e. The van der Waals surface area contributed by atoms with Crippen LogP contribution >= 0.6 is 0 Å². The van der Waals surface area contributed by atoms with Crippen molar-refractivity contribution in [2.75, 3.05) is 30.7 Å². The Morgan fingerprint density at radius 3 is 2.55 bits per heavy atom. The van der Waals surface area contributed by atoms with Gasteiger partial charge in [-0.25, -0.2) is 12.9 Å². The number of primary amides is 1. The second-order valence-corrected chi connectivity index (χ2v) is 9.96. The molecule has 0 aromatic carbocycles. The molecule has 2 amide bonds. The monoisotopic (exact) mass is 471 g/mol. The van der Waals surface area contributed by atoms with Crippen molar-refractivity contribution in [1.82, 2.24) is 25.2 Å². The van der Waals surface area contributed by atoms with E-state index in [-0.39, 0.29) is 28.8 Å². The molecule has 1 aliphatic heterocycles.